The standard InChI is InChI=1S/C14H16N2O5S/c1-9(13(17)15-7-6-10(8-15)14(18)19)22-12-4-2-11(3-5-12)16(20)21/h2-5,9-10H,6-8H2,1H3,(H,18,19). The smallest absolute Gasteiger partial charge is 0.308 e. The van der Waals surface area contributed by atoms with Crippen LogP contribution in [-0.4, -0.2) is 45.1 Å². The Hall–Kier alpha value is -2.09. The summed E-state index contributed by atoms with van der Waals surface area (Å²) < 4.78 is 0. The molecule has 2 atom stereocenters. The third-order valence-corrected chi connectivity index (χ3v) is 4.66. The fourth-order valence-electron chi connectivity index (χ4n) is 2.32. The number of thioether (sulfide) groups is 1. The van der Waals surface area contributed by atoms with Crippen LogP contribution in [0.5, 0.6) is 0 Å². The molecule has 1 aromatic rings. The van der Waals surface area contributed by atoms with Crippen LogP contribution < -0.4 is 0 Å². The van der Waals surface area contributed by atoms with E-state index in [-0.39, 0.29) is 23.4 Å². The lowest BCUT2D eigenvalue weighted by molar-refractivity contribution is -0.384. The van der Waals surface area contributed by atoms with E-state index < -0.39 is 16.8 Å². The number of non-ortho nitro benzene ring substituents is 1. The van der Waals surface area contributed by atoms with Crippen LogP contribution in [0, 0.1) is 16.0 Å². The van der Waals surface area contributed by atoms with Crippen LogP contribution in [0.15, 0.2) is 29.2 Å². The second kappa shape index (κ2) is 6.78. The van der Waals surface area contributed by atoms with Crippen molar-refractivity contribution in [1.29, 1.82) is 0 Å². The fourth-order valence-corrected chi connectivity index (χ4v) is 3.27. The summed E-state index contributed by atoms with van der Waals surface area (Å²) in [5, 5.41) is 19.2. The van der Waals surface area contributed by atoms with Crippen LogP contribution in [0.4, 0.5) is 5.69 Å². The number of amides is 1. The molecule has 0 radical (unpaired) electrons. The van der Waals surface area contributed by atoms with Gasteiger partial charge in [0, 0.05) is 30.1 Å². The monoisotopic (exact) mass is 324 g/mol. The number of carboxylic acids is 1. The fraction of sp³-hybridized carbons (Fsp3) is 0.429. The highest BCUT2D eigenvalue weighted by atomic mass is 32.2. The van der Waals surface area contributed by atoms with Crippen molar-refractivity contribution in [3.63, 3.8) is 0 Å². The molecule has 0 spiro atoms. The molecule has 0 saturated carbocycles. The number of benzene rings is 1. The van der Waals surface area contributed by atoms with Crippen LogP contribution in [0.2, 0.25) is 0 Å². The number of likely N-dealkylation sites (tertiary alicyclic amines) is 1. The predicted octanol–water partition coefficient (Wildman–Crippen LogP) is 2.01. The van der Waals surface area contributed by atoms with Gasteiger partial charge in [0.05, 0.1) is 16.1 Å². The molecule has 1 aliphatic rings. The van der Waals surface area contributed by atoms with Crippen LogP contribution in [0.3, 0.4) is 0 Å². The van der Waals surface area contributed by atoms with Crippen LogP contribution in [0.25, 0.3) is 0 Å². The molecule has 1 aromatic carbocycles. The molecule has 1 fully saturated rings. The Morgan fingerprint density at radius 2 is 2.05 bits per heavy atom. The number of carbonyl (C=O) groups is 2. The molecule has 7 nitrogen and oxygen atoms in total. The van der Waals surface area contributed by atoms with E-state index in [0.717, 1.165) is 4.90 Å². The highest BCUT2D eigenvalue weighted by molar-refractivity contribution is 8.00. The van der Waals surface area contributed by atoms with E-state index in [4.69, 9.17) is 5.11 Å². The molecule has 8 heteroatoms. The number of nitro groups is 1. The summed E-state index contributed by atoms with van der Waals surface area (Å²) in [4.78, 5) is 35.7. The number of hydrogen-bond donors (Lipinski definition) is 1. The van der Waals surface area contributed by atoms with Gasteiger partial charge >= 0.3 is 5.97 Å². The van der Waals surface area contributed by atoms with Gasteiger partial charge in [-0.05, 0) is 25.5 Å². The maximum Gasteiger partial charge on any atom is 0.308 e. The van der Waals surface area contributed by atoms with E-state index in [0.29, 0.717) is 13.0 Å². The molecular weight excluding hydrogens is 308 g/mol. The summed E-state index contributed by atoms with van der Waals surface area (Å²) >= 11 is 1.31. The van der Waals surface area contributed by atoms with E-state index >= 15 is 0 Å². The van der Waals surface area contributed by atoms with Crippen molar-refractivity contribution < 1.29 is 19.6 Å². The first-order chi connectivity index (χ1) is 10.4. The van der Waals surface area contributed by atoms with Crippen molar-refractivity contribution in [3.05, 3.63) is 34.4 Å². The van der Waals surface area contributed by atoms with Gasteiger partial charge in [-0.2, -0.15) is 0 Å². The normalized spacial score (nSPS) is 19.0. The molecule has 1 aliphatic heterocycles. The van der Waals surface area contributed by atoms with E-state index in [1.807, 2.05) is 0 Å². The maximum atomic E-state index is 12.3. The molecule has 1 saturated heterocycles. The zero-order chi connectivity index (χ0) is 16.3. The molecule has 0 aromatic heterocycles. The molecule has 1 amide bonds. The summed E-state index contributed by atoms with van der Waals surface area (Å²) in [6.07, 6.45) is 0.482. The molecule has 1 N–H and O–H groups in total. The lowest BCUT2D eigenvalue weighted by Crippen LogP contribution is -2.35. The summed E-state index contributed by atoms with van der Waals surface area (Å²) in [5.41, 5.74) is 0.00664. The second-order valence-electron chi connectivity index (χ2n) is 5.12. The first kappa shape index (κ1) is 16.3. The van der Waals surface area contributed by atoms with Gasteiger partial charge in [0.1, 0.15) is 0 Å². The zero-order valence-corrected chi connectivity index (χ0v) is 12.8. The van der Waals surface area contributed by atoms with Gasteiger partial charge in [0.25, 0.3) is 5.69 Å². The Labute approximate surface area is 131 Å². The van der Waals surface area contributed by atoms with Crippen LogP contribution in [0.1, 0.15) is 13.3 Å². The van der Waals surface area contributed by atoms with E-state index in [1.54, 1.807) is 24.0 Å². The van der Waals surface area contributed by atoms with Gasteiger partial charge in [-0.3, -0.25) is 19.7 Å². The lowest BCUT2D eigenvalue weighted by Gasteiger charge is -2.20. The summed E-state index contributed by atoms with van der Waals surface area (Å²) in [7, 11) is 0. The zero-order valence-electron chi connectivity index (χ0n) is 12.0. The third kappa shape index (κ3) is 3.76. The van der Waals surface area contributed by atoms with Gasteiger partial charge in [-0.1, -0.05) is 0 Å². The van der Waals surface area contributed by atoms with Crippen molar-refractivity contribution in [1.82, 2.24) is 4.90 Å². The van der Waals surface area contributed by atoms with Crippen LogP contribution in [-0.2, 0) is 9.59 Å². The average Bonchev–Trinajstić information content (AvgIpc) is 2.97. The number of nitrogens with zero attached hydrogens (tertiary/aromatic N) is 2. The molecule has 1 heterocycles. The molecular formula is C14H16N2O5S. The minimum atomic E-state index is -0.869. The quantitative estimate of drug-likeness (QED) is 0.505. The summed E-state index contributed by atoms with van der Waals surface area (Å²) in [5.74, 6) is -1.46. The van der Waals surface area contributed by atoms with Gasteiger partial charge in [0.2, 0.25) is 5.91 Å². The summed E-state index contributed by atoms with van der Waals surface area (Å²) in [6, 6.07) is 6.01. The van der Waals surface area contributed by atoms with Crippen molar-refractivity contribution >= 4 is 29.3 Å². The van der Waals surface area contributed by atoms with Crippen molar-refractivity contribution in [2.24, 2.45) is 5.92 Å². The Kier molecular flexibility index (Phi) is 5.02. The first-order valence-electron chi connectivity index (χ1n) is 6.81. The topological polar surface area (TPSA) is 101 Å². The van der Waals surface area contributed by atoms with Gasteiger partial charge in [0.15, 0.2) is 0 Å². The first-order valence-corrected chi connectivity index (χ1v) is 7.69. The van der Waals surface area contributed by atoms with Crippen molar-refractivity contribution in [2.45, 2.75) is 23.5 Å². The molecule has 0 bridgehead atoms. The van der Waals surface area contributed by atoms with E-state index in [2.05, 4.69) is 0 Å². The number of aliphatic carboxylic acids is 1. The van der Waals surface area contributed by atoms with Crippen molar-refractivity contribution in [3.8, 4) is 0 Å². The minimum absolute atomic E-state index is 0.00664. The highest BCUT2D eigenvalue weighted by Gasteiger charge is 2.32. The number of hydrogen-bond acceptors (Lipinski definition) is 5. The average molecular weight is 324 g/mol. The largest absolute Gasteiger partial charge is 0.481 e. The minimum Gasteiger partial charge on any atom is -0.481 e. The molecule has 0 aliphatic carbocycles. The predicted molar refractivity (Wildman–Crippen MR) is 80.7 cm³/mol. The number of carboxylic acid groups (broad SMARTS) is 1. The number of carbonyl (C=O) groups excluding carboxylic acids is 1. The van der Waals surface area contributed by atoms with Crippen molar-refractivity contribution in [2.75, 3.05) is 13.1 Å². The Bertz CT molecular complexity index is 589. The Morgan fingerprint density at radius 3 is 2.55 bits per heavy atom. The second-order valence-corrected chi connectivity index (χ2v) is 6.53. The Morgan fingerprint density at radius 1 is 1.41 bits per heavy atom. The van der Waals surface area contributed by atoms with Gasteiger partial charge in [-0.25, -0.2) is 0 Å². The SMILES string of the molecule is CC(Sc1ccc([N+](=O)[O-])cc1)C(=O)N1CCC(C(=O)O)C1. The van der Waals surface area contributed by atoms with E-state index in [1.165, 1.54) is 23.9 Å². The third-order valence-electron chi connectivity index (χ3n) is 3.56. The molecule has 2 unspecified atom stereocenters. The Balaban J connectivity index is 1.94. The molecule has 22 heavy (non-hydrogen) atoms. The number of rotatable bonds is 5. The molecule has 118 valence electrons. The lowest BCUT2D eigenvalue weighted by atomic mass is 10.1. The van der Waals surface area contributed by atoms with Gasteiger partial charge < -0.3 is 10.0 Å². The highest BCUT2D eigenvalue weighted by Crippen LogP contribution is 2.28. The molecule has 2 rings (SSSR count). The maximum absolute atomic E-state index is 12.3. The van der Waals surface area contributed by atoms with Gasteiger partial charge in [-0.15, -0.1) is 11.8 Å². The summed E-state index contributed by atoms with van der Waals surface area (Å²) in [6.45, 7) is 2.46. The van der Waals surface area contributed by atoms with Crippen LogP contribution >= 0.6 is 11.8 Å². The number of nitro benzene ring substituents is 1. The van der Waals surface area contributed by atoms with E-state index in [9.17, 15) is 19.7 Å².